The van der Waals surface area contributed by atoms with Gasteiger partial charge in [-0.15, -0.1) is 0 Å². The monoisotopic (exact) mass is 300 g/mol. The molecular weight excluding hydrogens is 291 g/mol. The highest BCUT2D eigenvalue weighted by Crippen LogP contribution is 2.21. The van der Waals surface area contributed by atoms with Gasteiger partial charge in [0.1, 0.15) is 11.5 Å². The van der Waals surface area contributed by atoms with Crippen LogP contribution in [-0.2, 0) is 0 Å². The molecule has 0 saturated carbocycles. The van der Waals surface area contributed by atoms with Crippen LogP contribution >= 0.6 is 11.6 Å². The quantitative estimate of drug-likeness (QED) is 0.688. The van der Waals surface area contributed by atoms with Gasteiger partial charge in [-0.1, -0.05) is 29.8 Å². The van der Waals surface area contributed by atoms with E-state index in [2.05, 4.69) is 5.10 Å². The zero-order valence-electron chi connectivity index (χ0n) is 10.8. The highest BCUT2D eigenvalue weighted by Gasteiger charge is 2.18. The molecule has 1 aromatic heterocycles. The molecule has 0 fully saturated rings. The number of halogens is 2. The first-order valence-corrected chi connectivity index (χ1v) is 6.64. The van der Waals surface area contributed by atoms with Crippen molar-refractivity contribution in [1.29, 1.82) is 0 Å². The van der Waals surface area contributed by atoms with Crippen molar-refractivity contribution in [3.63, 3.8) is 0 Å². The van der Waals surface area contributed by atoms with Gasteiger partial charge < -0.3 is 0 Å². The van der Waals surface area contributed by atoms with Crippen LogP contribution in [0, 0.1) is 5.82 Å². The van der Waals surface area contributed by atoms with E-state index in [9.17, 15) is 9.18 Å². The fourth-order valence-electron chi connectivity index (χ4n) is 2.06. The summed E-state index contributed by atoms with van der Waals surface area (Å²) >= 11 is 5.95. The van der Waals surface area contributed by atoms with Gasteiger partial charge in [0.2, 0.25) is 5.78 Å². The van der Waals surface area contributed by atoms with Crippen molar-refractivity contribution in [2.24, 2.45) is 0 Å². The Bertz CT molecular complexity index is 799. The maximum Gasteiger partial charge on any atom is 0.212 e. The molecule has 0 atom stereocenters. The average molecular weight is 301 g/mol. The zero-order chi connectivity index (χ0) is 14.8. The summed E-state index contributed by atoms with van der Waals surface area (Å²) in [5.41, 5.74) is 1.38. The second-order valence-electron chi connectivity index (χ2n) is 4.42. The molecule has 3 nitrogen and oxygen atoms in total. The van der Waals surface area contributed by atoms with E-state index in [0.717, 1.165) is 11.8 Å². The highest BCUT2D eigenvalue weighted by atomic mass is 35.5. The van der Waals surface area contributed by atoms with Crippen molar-refractivity contribution < 1.29 is 9.18 Å². The Kier molecular flexibility index (Phi) is 3.54. The summed E-state index contributed by atoms with van der Waals surface area (Å²) in [5.74, 6) is -0.783. The Morgan fingerprint density at radius 2 is 1.86 bits per heavy atom. The minimum atomic E-state index is -0.479. The summed E-state index contributed by atoms with van der Waals surface area (Å²) in [5, 5.41) is 4.24. The second-order valence-corrected chi connectivity index (χ2v) is 4.82. The van der Waals surface area contributed by atoms with Crippen molar-refractivity contribution in [3.8, 4) is 5.69 Å². The third-order valence-corrected chi connectivity index (χ3v) is 3.36. The molecule has 0 aliphatic heterocycles. The summed E-state index contributed by atoms with van der Waals surface area (Å²) < 4.78 is 14.6. The van der Waals surface area contributed by atoms with E-state index < -0.39 is 5.82 Å². The molecule has 3 rings (SSSR count). The molecule has 0 unspecified atom stereocenters. The van der Waals surface area contributed by atoms with Crippen LogP contribution in [-0.4, -0.2) is 15.6 Å². The number of carbonyl (C=O) groups excluding carboxylic acids is 1. The van der Waals surface area contributed by atoms with Crippen molar-refractivity contribution in [1.82, 2.24) is 9.78 Å². The van der Waals surface area contributed by atoms with Crippen molar-refractivity contribution in [2.45, 2.75) is 0 Å². The molecule has 0 N–H and O–H groups in total. The van der Waals surface area contributed by atoms with Gasteiger partial charge in [-0.3, -0.25) is 4.79 Å². The lowest BCUT2D eigenvalue weighted by Crippen LogP contribution is -2.10. The topological polar surface area (TPSA) is 34.9 Å². The second kappa shape index (κ2) is 5.50. The van der Waals surface area contributed by atoms with Gasteiger partial charge in [0, 0.05) is 5.56 Å². The van der Waals surface area contributed by atoms with E-state index in [1.165, 1.54) is 23.0 Å². The summed E-state index contributed by atoms with van der Waals surface area (Å²) in [7, 11) is 0. The van der Waals surface area contributed by atoms with Gasteiger partial charge in [-0.05, 0) is 36.4 Å². The van der Waals surface area contributed by atoms with Crippen molar-refractivity contribution in [3.05, 3.63) is 82.9 Å². The maximum absolute atomic E-state index is 13.1. The Morgan fingerprint density at radius 1 is 1.10 bits per heavy atom. The van der Waals surface area contributed by atoms with Crippen molar-refractivity contribution in [2.75, 3.05) is 0 Å². The predicted molar refractivity (Wildman–Crippen MR) is 78.4 cm³/mol. The summed E-state index contributed by atoms with van der Waals surface area (Å²) in [6, 6.07) is 14.6. The zero-order valence-corrected chi connectivity index (χ0v) is 11.6. The summed E-state index contributed by atoms with van der Waals surface area (Å²) in [4.78, 5) is 12.6. The van der Waals surface area contributed by atoms with Crippen LogP contribution in [0.3, 0.4) is 0 Å². The molecule has 0 spiro atoms. The molecule has 0 amide bonds. The number of para-hydroxylation sites is 1. The third-order valence-electron chi connectivity index (χ3n) is 3.05. The van der Waals surface area contributed by atoms with Gasteiger partial charge in [0.15, 0.2) is 0 Å². The van der Waals surface area contributed by atoms with E-state index >= 15 is 0 Å². The number of ketones is 1. The van der Waals surface area contributed by atoms with Crippen LogP contribution in [0.5, 0.6) is 0 Å². The van der Waals surface area contributed by atoms with E-state index in [4.69, 9.17) is 11.6 Å². The van der Waals surface area contributed by atoms with Crippen molar-refractivity contribution >= 4 is 17.4 Å². The molecule has 0 bridgehead atoms. The fourth-order valence-corrected chi connectivity index (χ4v) is 2.31. The molecular formula is C16H10ClFN2O. The number of carbonyl (C=O) groups is 1. The van der Waals surface area contributed by atoms with Gasteiger partial charge >= 0.3 is 0 Å². The molecule has 0 saturated heterocycles. The van der Waals surface area contributed by atoms with Gasteiger partial charge in [0.05, 0.1) is 16.9 Å². The Morgan fingerprint density at radius 3 is 2.57 bits per heavy atom. The van der Waals surface area contributed by atoms with Gasteiger partial charge in [-0.2, -0.15) is 5.10 Å². The molecule has 5 heteroatoms. The lowest BCUT2D eigenvalue weighted by molar-refractivity contribution is 0.103. The Labute approximate surface area is 125 Å². The van der Waals surface area contributed by atoms with Crippen LogP contribution in [0.15, 0.2) is 60.8 Å². The van der Waals surface area contributed by atoms with Crippen LogP contribution in [0.25, 0.3) is 5.69 Å². The largest absolute Gasteiger partial charge is 0.287 e. The predicted octanol–water partition coefficient (Wildman–Crippen LogP) is 3.90. The lowest BCUT2D eigenvalue weighted by atomic mass is 10.1. The molecule has 1 heterocycles. The normalized spacial score (nSPS) is 10.6. The number of benzene rings is 2. The standard InChI is InChI=1S/C16H10ClFN2O/c17-14-10-11(18)6-7-13(14)16(21)15-8-9-19-20(15)12-4-2-1-3-5-12/h1-10H. The van der Waals surface area contributed by atoms with Crippen LogP contribution < -0.4 is 0 Å². The minimum absolute atomic E-state index is 0.0841. The number of hydrogen-bond acceptors (Lipinski definition) is 2. The van der Waals surface area contributed by atoms with Crippen LogP contribution in [0.2, 0.25) is 5.02 Å². The SMILES string of the molecule is O=C(c1ccc(F)cc1Cl)c1ccnn1-c1ccccc1. The first-order valence-electron chi connectivity index (χ1n) is 6.26. The van der Waals surface area contributed by atoms with E-state index in [1.54, 1.807) is 6.07 Å². The molecule has 2 aromatic carbocycles. The minimum Gasteiger partial charge on any atom is -0.287 e. The summed E-state index contributed by atoms with van der Waals surface area (Å²) in [6.45, 7) is 0. The highest BCUT2D eigenvalue weighted by molar-refractivity contribution is 6.34. The van der Waals surface area contributed by atoms with E-state index in [-0.39, 0.29) is 16.4 Å². The van der Waals surface area contributed by atoms with E-state index in [0.29, 0.717) is 5.69 Å². The molecule has 104 valence electrons. The van der Waals surface area contributed by atoms with E-state index in [1.807, 2.05) is 30.3 Å². The Balaban J connectivity index is 2.06. The third kappa shape index (κ3) is 2.58. The number of rotatable bonds is 3. The molecule has 0 radical (unpaired) electrons. The fraction of sp³-hybridized carbons (Fsp3) is 0. The first-order chi connectivity index (χ1) is 10.2. The first kappa shape index (κ1) is 13.5. The maximum atomic E-state index is 13.1. The van der Waals surface area contributed by atoms with Gasteiger partial charge in [-0.25, -0.2) is 9.07 Å². The van der Waals surface area contributed by atoms with Gasteiger partial charge in [0.25, 0.3) is 0 Å². The van der Waals surface area contributed by atoms with Crippen LogP contribution in [0.4, 0.5) is 4.39 Å². The Hall–Kier alpha value is -2.46. The average Bonchev–Trinajstić information content (AvgIpc) is 2.97. The molecule has 0 aliphatic rings. The molecule has 3 aromatic rings. The summed E-state index contributed by atoms with van der Waals surface area (Å²) in [6.07, 6.45) is 1.54. The van der Waals surface area contributed by atoms with Crippen LogP contribution in [0.1, 0.15) is 16.1 Å². The number of nitrogens with zero attached hydrogens (tertiary/aromatic N) is 2. The molecule has 0 aliphatic carbocycles. The number of aromatic nitrogens is 2. The lowest BCUT2D eigenvalue weighted by Gasteiger charge is -2.07. The number of hydrogen-bond donors (Lipinski definition) is 0. The molecule has 21 heavy (non-hydrogen) atoms. The smallest absolute Gasteiger partial charge is 0.212 e.